The molecule has 0 amide bonds. The number of pyridine rings is 1. The van der Waals surface area contributed by atoms with Gasteiger partial charge < -0.3 is 14.6 Å². The minimum Gasteiger partial charge on any atom is -0.361 e. The van der Waals surface area contributed by atoms with E-state index in [2.05, 4.69) is 34.9 Å². The van der Waals surface area contributed by atoms with Gasteiger partial charge in [-0.05, 0) is 49.7 Å². The molecule has 0 radical (unpaired) electrons. The van der Waals surface area contributed by atoms with Crippen LogP contribution in [0.4, 0.5) is 14.6 Å². The Bertz CT molecular complexity index is 1360. The van der Waals surface area contributed by atoms with Gasteiger partial charge in [0.1, 0.15) is 36.0 Å². The summed E-state index contributed by atoms with van der Waals surface area (Å²) in [4.78, 5) is 8.56. The second kappa shape index (κ2) is 10.9. The Morgan fingerprint density at radius 3 is 2.39 bits per heavy atom. The van der Waals surface area contributed by atoms with Gasteiger partial charge in [0.2, 0.25) is 0 Å². The molecule has 0 saturated heterocycles. The van der Waals surface area contributed by atoms with Crippen LogP contribution in [-0.4, -0.2) is 37.6 Å². The van der Waals surface area contributed by atoms with E-state index < -0.39 is 35.8 Å². The average molecular weight is 558 g/mol. The summed E-state index contributed by atoms with van der Waals surface area (Å²) in [5, 5.41) is 8.15. The standard InChI is InChI=1S/C23H30ClF2N5O3SSi/c1-14-18(25)8-9-20(28-14)29-21(16-6-7-19(26)17(24)12-16)22-30-23(35(27,32)33)15(2)31(22)13-34-10-11-36(3,4)5/h6-9,12,21H,10-11,13H2,1-5H3,(H,28,29)(H2,27,32,33). The van der Waals surface area contributed by atoms with Gasteiger partial charge in [0.15, 0.2) is 5.03 Å². The van der Waals surface area contributed by atoms with Crippen LogP contribution in [0.1, 0.15) is 28.8 Å². The maximum atomic E-state index is 14.0. The highest BCUT2D eigenvalue weighted by Crippen LogP contribution is 2.31. The van der Waals surface area contributed by atoms with Crippen molar-refractivity contribution in [1.82, 2.24) is 14.5 Å². The van der Waals surface area contributed by atoms with Gasteiger partial charge in [-0.2, -0.15) is 0 Å². The normalized spacial score (nSPS) is 13.1. The van der Waals surface area contributed by atoms with Crippen LogP contribution in [0.25, 0.3) is 0 Å². The Morgan fingerprint density at radius 2 is 1.81 bits per heavy atom. The molecular formula is C23H30ClF2N5O3SSi. The first-order valence-corrected chi connectivity index (χ1v) is 16.8. The number of hydrogen-bond acceptors (Lipinski definition) is 6. The number of primary sulfonamides is 1. The Balaban J connectivity index is 2.12. The molecule has 3 N–H and O–H groups in total. The number of aryl methyl sites for hydroxylation is 1. The number of sulfonamides is 1. The molecule has 3 rings (SSSR count). The molecule has 1 atom stereocenters. The fourth-order valence-electron chi connectivity index (χ4n) is 3.48. The molecule has 0 bridgehead atoms. The number of nitrogens with one attached hydrogen (secondary N) is 1. The van der Waals surface area contributed by atoms with Crippen LogP contribution < -0.4 is 10.5 Å². The zero-order valence-corrected chi connectivity index (χ0v) is 23.3. The first-order valence-electron chi connectivity index (χ1n) is 11.2. The maximum absolute atomic E-state index is 14.0. The molecule has 3 aromatic rings. The van der Waals surface area contributed by atoms with Crippen molar-refractivity contribution in [2.24, 2.45) is 5.14 Å². The van der Waals surface area contributed by atoms with Crippen molar-refractivity contribution in [3.8, 4) is 0 Å². The predicted octanol–water partition coefficient (Wildman–Crippen LogP) is 4.99. The van der Waals surface area contributed by atoms with Gasteiger partial charge >= 0.3 is 0 Å². The number of aromatic nitrogens is 3. The third-order valence-electron chi connectivity index (χ3n) is 5.54. The fraction of sp³-hybridized carbons (Fsp3) is 0.391. The summed E-state index contributed by atoms with van der Waals surface area (Å²) < 4.78 is 59.9. The maximum Gasteiger partial charge on any atom is 0.257 e. The summed E-state index contributed by atoms with van der Waals surface area (Å²) >= 11 is 6.06. The first-order chi connectivity index (χ1) is 16.7. The smallest absolute Gasteiger partial charge is 0.257 e. The number of benzene rings is 1. The summed E-state index contributed by atoms with van der Waals surface area (Å²) in [6.45, 7) is 10.2. The van der Waals surface area contributed by atoms with E-state index in [-0.39, 0.29) is 34.0 Å². The van der Waals surface area contributed by atoms with Crippen LogP contribution in [0.5, 0.6) is 0 Å². The van der Waals surface area contributed by atoms with E-state index in [1.54, 1.807) is 11.5 Å². The lowest BCUT2D eigenvalue weighted by Gasteiger charge is -2.22. The van der Waals surface area contributed by atoms with Crippen LogP contribution in [0, 0.1) is 25.5 Å². The van der Waals surface area contributed by atoms with Crippen LogP contribution in [-0.2, 0) is 21.5 Å². The Labute approximate surface area is 215 Å². The average Bonchev–Trinajstić information content (AvgIpc) is 3.10. The van der Waals surface area contributed by atoms with E-state index in [0.29, 0.717) is 18.0 Å². The van der Waals surface area contributed by atoms with Crippen molar-refractivity contribution in [3.05, 3.63) is 69.8 Å². The molecule has 8 nitrogen and oxygen atoms in total. The molecule has 196 valence electrons. The van der Waals surface area contributed by atoms with Gasteiger partial charge in [0.05, 0.1) is 16.4 Å². The third-order valence-corrected chi connectivity index (χ3v) is 8.46. The topological polar surface area (TPSA) is 112 Å². The molecule has 0 aliphatic rings. The van der Waals surface area contributed by atoms with Crippen molar-refractivity contribution < 1.29 is 21.9 Å². The van der Waals surface area contributed by atoms with E-state index in [0.717, 1.165) is 6.04 Å². The van der Waals surface area contributed by atoms with E-state index in [9.17, 15) is 17.2 Å². The minimum absolute atomic E-state index is 0.0111. The van der Waals surface area contributed by atoms with Gasteiger partial charge in [0, 0.05) is 14.7 Å². The summed E-state index contributed by atoms with van der Waals surface area (Å²) in [6, 6.07) is 6.84. The van der Waals surface area contributed by atoms with Crippen molar-refractivity contribution in [2.45, 2.75) is 57.3 Å². The molecule has 1 aromatic carbocycles. The van der Waals surface area contributed by atoms with E-state index in [1.807, 2.05) is 0 Å². The van der Waals surface area contributed by atoms with Crippen LogP contribution in [0.3, 0.4) is 0 Å². The number of nitrogens with two attached hydrogens (primary N) is 1. The van der Waals surface area contributed by atoms with Gasteiger partial charge in [-0.25, -0.2) is 32.3 Å². The van der Waals surface area contributed by atoms with Crippen LogP contribution >= 0.6 is 11.6 Å². The molecule has 0 fully saturated rings. The predicted molar refractivity (Wildman–Crippen MR) is 138 cm³/mol. The van der Waals surface area contributed by atoms with Gasteiger partial charge in [0.25, 0.3) is 10.0 Å². The van der Waals surface area contributed by atoms with Crippen molar-refractivity contribution in [1.29, 1.82) is 0 Å². The summed E-state index contributed by atoms with van der Waals surface area (Å²) in [6.07, 6.45) is 0. The SMILES string of the molecule is Cc1nc(NC(c2ccc(F)c(Cl)c2)c2nc(S(N)(=O)=O)c(C)n2COCC[Si](C)(C)C)ccc1F. The number of nitrogens with zero attached hydrogens (tertiary/aromatic N) is 3. The van der Waals surface area contributed by atoms with E-state index >= 15 is 0 Å². The lowest BCUT2D eigenvalue weighted by molar-refractivity contribution is 0.0834. The Morgan fingerprint density at radius 1 is 1.14 bits per heavy atom. The Kier molecular flexibility index (Phi) is 8.56. The molecule has 0 saturated carbocycles. The van der Waals surface area contributed by atoms with Crippen molar-refractivity contribution >= 4 is 35.5 Å². The highest BCUT2D eigenvalue weighted by Gasteiger charge is 2.29. The number of rotatable bonds is 10. The molecule has 0 aliphatic carbocycles. The molecule has 2 heterocycles. The second-order valence-electron chi connectivity index (χ2n) is 9.70. The largest absolute Gasteiger partial charge is 0.361 e. The summed E-state index contributed by atoms with van der Waals surface area (Å²) in [7, 11) is -5.53. The highest BCUT2D eigenvalue weighted by molar-refractivity contribution is 7.89. The number of hydrogen-bond donors (Lipinski definition) is 2. The van der Waals surface area contributed by atoms with E-state index in [4.69, 9.17) is 21.5 Å². The van der Waals surface area contributed by atoms with Gasteiger partial charge in [-0.3, -0.25) is 0 Å². The van der Waals surface area contributed by atoms with Crippen LogP contribution in [0.15, 0.2) is 35.4 Å². The van der Waals surface area contributed by atoms with Gasteiger partial charge in [-0.15, -0.1) is 0 Å². The molecule has 0 aliphatic heterocycles. The molecule has 13 heteroatoms. The number of anilines is 1. The number of halogens is 3. The Hall–Kier alpha value is -2.38. The van der Waals surface area contributed by atoms with Gasteiger partial charge in [-0.1, -0.05) is 37.3 Å². The van der Waals surface area contributed by atoms with Crippen molar-refractivity contribution in [2.75, 3.05) is 11.9 Å². The second-order valence-corrected chi connectivity index (χ2v) is 17.2. The lowest BCUT2D eigenvalue weighted by atomic mass is 10.1. The monoisotopic (exact) mass is 557 g/mol. The summed E-state index contributed by atoms with van der Waals surface area (Å²) in [5.74, 6) is -0.569. The lowest BCUT2D eigenvalue weighted by Crippen LogP contribution is -2.23. The van der Waals surface area contributed by atoms with E-state index in [1.165, 1.54) is 37.3 Å². The molecule has 0 spiro atoms. The molecule has 2 aromatic heterocycles. The number of imidazole rings is 1. The summed E-state index contributed by atoms with van der Waals surface area (Å²) in [5.41, 5.74) is 0.915. The molecular weight excluding hydrogens is 528 g/mol. The number of ether oxygens (including phenoxy) is 1. The van der Waals surface area contributed by atoms with Crippen molar-refractivity contribution in [3.63, 3.8) is 0 Å². The fourth-order valence-corrected chi connectivity index (χ4v) is 5.17. The quantitative estimate of drug-likeness (QED) is 0.268. The first kappa shape index (κ1) is 28.2. The minimum atomic E-state index is -4.16. The highest BCUT2D eigenvalue weighted by atomic mass is 35.5. The zero-order chi connectivity index (χ0) is 26.8. The third kappa shape index (κ3) is 6.88. The van der Waals surface area contributed by atoms with Crippen LogP contribution in [0.2, 0.25) is 30.7 Å². The molecule has 1 unspecified atom stereocenters. The molecule has 36 heavy (non-hydrogen) atoms. The zero-order valence-electron chi connectivity index (χ0n) is 20.8.